The van der Waals surface area contributed by atoms with Crippen molar-refractivity contribution < 1.29 is 22.9 Å². The zero-order chi connectivity index (χ0) is 23.5. The molecule has 1 aromatic heterocycles. The molecule has 168 valence electrons. The van der Waals surface area contributed by atoms with Crippen LogP contribution in [-0.4, -0.2) is 32.5 Å². The highest BCUT2D eigenvalue weighted by atomic mass is 32.2. The van der Waals surface area contributed by atoms with Gasteiger partial charge in [0.2, 0.25) is 0 Å². The molecule has 32 heavy (non-hydrogen) atoms. The number of nitro groups is 1. The number of rotatable bonds is 7. The van der Waals surface area contributed by atoms with E-state index in [1.165, 1.54) is 10.7 Å². The molecule has 1 heterocycles. The van der Waals surface area contributed by atoms with E-state index < -0.39 is 22.8 Å². The lowest BCUT2D eigenvalue weighted by molar-refractivity contribution is -0.386. The highest BCUT2D eigenvalue weighted by molar-refractivity contribution is 7.99. The van der Waals surface area contributed by atoms with Gasteiger partial charge in [-0.15, -0.1) is 11.8 Å². The van der Waals surface area contributed by atoms with Gasteiger partial charge < -0.3 is 5.32 Å². The fourth-order valence-corrected chi connectivity index (χ4v) is 3.86. The Hall–Kier alpha value is -3.34. The van der Waals surface area contributed by atoms with Crippen LogP contribution in [0, 0.1) is 24.0 Å². The van der Waals surface area contributed by atoms with Crippen molar-refractivity contribution in [3.05, 3.63) is 81.2 Å². The summed E-state index contributed by atoms with van der Waals surface area (Å²) in [6, 6.07) is 12.8. The summed E-state index contributed by atoms with van der Waals surface area (Å²) in [6.45, 7) is 3.48. The molecule has 1 amide bonds. The van der Waals surface area contributed by atoms with Gasteiger partial charge in [-0.05, 0) is 43.7 Å². The largest absolute Gasteiger partial charge is 0.398 e. The molecular weight excluding hydrogens is 445 g/mol. The lowest BCUT2D eigenvalue weighted by atomic mass is 10.1. The lowest BCUT2D eigenvalue weighted by Crippen LogP contribution is -2.14. The summed E-state index contributed by atoms with van der Waals surface area (Å²) in [5.41, 5.74) is 2.13. The lowest BCUT2D eigenvalue weighted by Gasteiger charge is -2.12. The first-order valence-electron chi connectivity index (χ1n) is 9.42. The molecule has 0 saturated carbocycles. The van der Waals surface area contributed by atoms with Crippen LogP contribution in [0.25, 0.3) is 0 Å². The number of para-hydroxylation sites is 1. The number of aryl methyl sites for hydroxylation is 1. The molecule has 0 aliphatic rings. The molecule has 1 N–H and O–H groups in total. The number of hydrogen-bond acceptors (Lipinski definition) is 5. The van der Waals surface area contributed by atoms with Crippen molar-refractivity contribution in [1.29, 1.82) is 0 Å². The predicted octanol–water partition coefficient (Wildman–Crippen LogP) is 5.36. The summed E-state index contributed by atoms with van der Waals surface area (Å²) >= 11 is 0.604. The van der Waals surface area contributed by atoms with Gasteiger partial charge >= 0.3 is 11.9 Å². The average molecular weight is 464 g/mol. The molecule has 0 atom stereocenters. The van der Waals surface area contributed by atoms with Gasteiger partial charge in [0.25, 0.3) is 5.91 Å². The number of nitrogens with zero attached hydrogens (tertiary/aromatic N) is 3. The van der Waals surface area contributed by atoms with Crippen molar-refractivity contribution in [3.63, 3.8) is 0 Å². The van der Waals surface area contributed by atoms with E-state index in [1.807, 2.05) is 0 Å². The van der Waals surface area contributed by atoms with Gasteiger partial charge in [-0.25, -0.2) is 0 Å². The second kappa shape index (κ2) is 9.43. The Kier molecular flexibility index (Phi) is 6.87. The van der Waals surface area contributed by atoms with E-state index in [0.717, 1.165) is 5.56 Å². The topological polar surface area (TPSA) is 90.1 Å². The van der Waals surface area contributed by atoms with Crippen molar-refractivity contribution in [2.45, 2.75) is 31.5 Å². The number of carbonyl (C=O) groups excluding carboxylic acids is 1. The number of amides is 1. The van der Waals surface area contributed by atoms with Crippen molar-refractivity contribution in [1.82, 2.24) is 9.78 Å². The molecule has 11 heteroatoms. The average Bonchev–Trinajstić information content (AvgIpc) is 3.00. The normalized spacial score (nSPS) is 11.4. The van der Waals surface area contributed by atoms with E-state index in [1.54, 1.807) is 56.3 Å². The fourth-order valence-electron chi connectivity index (χ4n) is 3.09. The Morgan fingerprint density at radius 3 is 2.41 bits per heavy atom. The van der Waals surface area contributed by atoms with E-state index in [0.29, 0.717) is 45.8 Å². The number of halogens is 3. The first-order chi connectivity index (χ1) is 15.0. The minimum atomic E-state index is -4.32. The quantitative estimate of drug-likeness (QED) is 0.289. The van der Waals surface area contributed by atoms with Crippen LogP contribution in [-0.2, 0) is 6.54 Å². The van der Waals surface area contributed by atoms with Crippen LogP contribution in [0.2, 0.25) is 0 Å². The van der Waals surface area contributed by atoms with Gasteiger partial charge in [-0.3, -0.25) is 19.6 Å². The van der Waals surface area contributed by atoms with Crippen molar-refractivity contribution >= 4 is 29.0 Å². The molecule has 0 bridgehead atoms. The monoisotopic (exact) mass is 464 g/mol. The smallest absolute Gasteiger partial charge is 0.321 e. The van der Waals surface area contributed by atoms with Gasteiger partial charge in [0.05, 0.1) is 22.9 Å². The molecule has 2 aromatic carbocycles. The Labute approximate surface area is 185 Å². The molecule has 7 nitrogen and oxygen atoms in total. The molecule has 0 aliphatic heterocycles. The molecule has 0 saturated heterocycles. The molecule has 3 aromatic rings. The first kappa shape index (κ1) is 23.3. The summed E-state index contributed by atoms with van der Waals surface area (Å²) in [5.74, 6) is -1.52. The maximum Gasteiger partial charge on any atom is 0.398 e. The SMILES string of the molecule is Cc1nn(Cc2ccc(C(=O)Nc3ccccc3SCC(F)(F)F)cc2)c(C)c1[N+](=O)[O-]. The fraction of sp³-hybridized carbons (Fsp3) is 0.238. The second-order valence-corrected chi connectivity index (χ2v) is 8.00. The van der Waals surface area contributed by atoms with Crippen molar-refractivity contribution in [2.24, 2.45) is 0 Å². The summed E-state index contributed by atoms with van der Waals surface area (Å²) < 4.78 is 39.1. The number of carbonyl (C=O) groups is 1. The molecule has 0 unspecified atom stereocenters. The van der Waals surface area contributed by atoms with Crippen LogP contribution in [0.1, 0.15) is 27.3 Å². The number of anilines is 1. The van der Waals surface area contributed by atoms with Gasteiger partial charge in [0.1, 0.15) is 11.4 Å². The van der Waals surface area contributed by atoms with E-state index >= 15 is 0 Å². The van der Waals surface area contributed by atoms with E-state index in [9.17, 15) is 28.1 Å². The Bertz CT molecular complexity index is 1140. The van der Waals surface area contributed by atoms with Gasteiger partial charge in [0, 0.05) is 10.5 Å². The third-order valence-corrected chi connectivity index (χ3v) is 5.74. The number of aromatic nitrogens is 2. The van der Waals surface area contributed by atoms with Gasteiger partial charge in [-0.2, -0.15) is 18.3 Å². The summed E-state index contributed by atoms with van der Waals surface area (Å²) in [5, 5.41) is 18.0. The zero-order valence-corrected chi connectivity index (χ0v) is 18.0. The Morgan fingerprint density at radius 1 is 1.16 bits per heavy atom. The molecule has 0 aliphatic carbocycles. The molecule has 0 spiro atoms. The van der Waals surface area contributed by atoms with Gasteiger partial charge in [-0.1, -0.05) is 24.3 Å². The van der Waals surface area contributed by atoms with Crippen LogP contribution in [0.3, 0.4) is 0 Å². The maximum absolute atomic E-state index is 12.6. The zero-order valence-electron chi connectivity index (χ0n) is 17.1. The van der Waals surface area contributed by atoms with Crippen LogP contribution >= 0.6 is 11.8 Å². The number of hydrogen-bond donors (Lipinski definition) is 1. The standard InChI is InChI=1S/C21H19F3N4O3S/c1-13-19(28(30)31)14(2)27(26-13)11-15-7-9-16(10-8-15)20(29)25-17-5-3-4-6-18(17)32-12-21(22,23)24/h3-10H,11-12H2,1-2H3,(H,25,29). The van der Waals surface area contributed by atoms with E-state index in [4.69, 9.17) is 0 Å². The van der Waals surface area contributed by atoms with Crippen molar-refractivity contribution in [3.8, 4) is 0 Å². The summed E-state index contributed by atoms with van der Waals surface area (Å²) in [6.07, 6.45) is -4.32. The predicted molar refractivity (Wildman–Crippen MR) is 115 cm³/mol. The summed E-state index contributed by atoms with van der Waals surface area (Å²) in [7, 11) is 0. The summed E-state index contributed by atoms with van der Waals surface area (Å²) in [4.78, 5) is 23.6. The number of nitrogens with one attached hydrogen (secondary N) is 1. The molecule has 0 radical (unpaired) electrons. The highest BCUT2D eigenvalue weighted by Crippen LogP contribution is 2.32. The Balaban J connectivity index is 1.70. The van der Waals surface area contributed by atoms with Crippen molar-refractivity contribution in [2.75, 3.05) is 11.1 Å². The first-order valence-corrected chi connectivity index (χ1v) is 10.4. The number of alkyl halides is 3. The van der Waals surface area contributed by atoms with Crippen LogP contribution in [0.5, 0.6) is 0 Å². The third-order valence-electron chi connectivity index (χ3n) is 4.60. The minimum absolute atomic E-state index is 0.0249. The number of benzene rings is 2. The van der Waals surface area contributed by atoms with Crippen LogP contribution in [0.15, 0.2) is 53.4 Å². The molecular formula is C21H19F3N4O3S. The molecule has 0 fully saturated rings. The van der Waals surface area contributed by atoms with Crippen LogP contribution < -0.4 is 5.32 Å². The maximum atomic E-state index is 12.6. The van der Waals surface area contributed by atoms with Crippen LogP contribution in [0.4, 0.5) is 24.5 Å². The third kappa shape index (κ3) is 5.67. The molecule has 3 rings (SSSR count). The second-order valence-electron chi connectivity index (χ2n) is 6.99. The van der Waals surface area contributed by atoms with Gasteiger partial charge in [0.15, 0.2) is 0 Å². The Morgan fingerprint density at radius 2 is 1.81 bits per heavy atom. The van der Waals surface area contributed by atoms with E-state index in [2.05, 4.69) is 10.4 Å². The highest BCUT2D eigenvalue weighted by Gasteiger charge is 2.28. The van der Waals surface area contributed by atoms with E-state index in [-0.39, 0.29) is 5.69 Å². The number of thioether (sulfide) groups is 1. The minimum Gasteiger partial charge on any atom is -0.321 e.